The molecule has 0 aliphatic carbocycles. The largest absolute Gasteiger partial charge is 0.347 e. The molecule has 1 heterocycles. The number of rotatable bonds is 0. The van der Waals surface area contributed by atoms with Crippen LogP contribution in [0.1, 0.15) is 12.8 Å². The molecular formula is C4H6Cl2O. The average Bonchev–Trinajstić information content (AvgIpc) is 1.84. The second kappa shape index (κ2) is 1.81. The van der Waals surface area contributed by atoms with Gasteiger partial charge >= 0.3 is 0 Å². The topological polar surface area (TPSA) is 9.23 Å². The summed E-state index contributed by atoms with van der Waals surface area (Å²) in [5.74, 6) is 0. The Kier molecular flexibility index (Phi) is 1.46. The van der Waals surface area contributed by atoms with Crippen molar-refractivity contribution in [3.05, 3.63) is 0 Å². The SMILES string of the molecule is ClC1(Cl)CCCO1. The number of ether oxygens (including phenoxy) is 1. The molecule has 0 aromatic heterocycles. The molecule has 0 bridgehead atoms. The van der Waals surface area contributed by atoms with Gasteiger partial charge in [0.1, 0.15) is 0 Å². The van der Waals surface area contributed by atoms with E-state index in [1.54, 1.807) is 0 Å². The molecule has 1 rings (SSSR count). The smallest absolute Gasteiger partial charge is 0.217 e. The maximum absolute atomic E-state index is 5.51. The highest BCUT2D eigenvalue weighted by Crippen LogP contribution is 2.33. The zero-order valence-electron chi connectivity index (χ0n) is 3.79. The predicted molar refractivity (Wildman–Crippen MR) is 29.6 cm³/mol. The van der Waals surface area contributed by atoms with Crippen LogP contribution in [0.15, 0.2) is 0 Å². The summed E-state index contributed by atoms with van der Waals surface area (Å²) in [6.45, 7) is 0.701. The lowest BCUT2D eigenvalue weighted by molar-refractivity contribution is 0.139. The number of alkyl halides is 2. The summed E-state index contributed by atoms with van der Waals surface area (Å²) in [4.78, 5) is 0. The van der Waals surface area contributed by atoms with Crippen molar-refractivity contribution < 1.29 is 4.74 Å². The minimum absolute atomic E-state index is 0.701. The lowest BCUT2D eigenvalue weighted by atomic mass is 10.4. The Morgan fingerprint density at radius 2 is 2.14 bits per heavy atom. The molecule has 1 saturated heterocycles. The Hall–Kier alpha value is 0.540. The third kappa shape index (κ3) is 1.48. The molecule has 0 atom stereocenters. The van der Waals surface area contributed by atoms with E-state index in [9.17, 15) is 0 Å². The van der Waals surface area contributed by atoms with Crippen molar-refractivity contribution in [3.8, 4) is 0 Å². The fourth-order valence-electron chi connectivity index (χ4n) is 0.572. The summed E-state index contributed by atoms with van der Waals surface area (Å²) in [7, 11) is 0. The first-order valence-corrected chi connectivity index (χ1v) is 2.98. The molecule has 0 amide bonds. The zero-order valence-corrected chi connectivity index (χ0v) is 5.30. The van der Waals surface area contributed by atoms with Crippen LogP contribution in [0.3, 0.4) is 0 Å². The van der Waals surface area contributed by atoms with Gasteiger partial charge in [-0.25, -0.2) is 0 Å². The first-order valence-electron chi connectivity index (χ1n) is 2.22. The molecular weight excluding hydrogens is 135 g/mol. The van der Waals surface area contributed by atoms with Crippen molar-refractivity contribution in [1.82, 2.24) is 0 Å². The molecule has 1 nitrogen and oxygen atoms in total. The van der Waals surface area contributed by atoms with Gasteiger partial charge in [0.15, 0.2) is 0 Å². The van der Waals surface area contributed by atoms with Gasteiger partial charge in [0, 0.05) is 6.42 Å². The van der Waals surface area contributed by atoms with E-state index in [4.69, 9.17) is 27.9 Å². The lowest BCUT2D eigenvalue weighted by Gasteiger charge is -2.07. The van der Waals surface area contributed by atoms with Gasteiger partial charge in [-0.15, -0.1) is 0 Å². The van der Waals surface area contributed by atoms with Crippen LogP contribution >= 0.6 is 23.2 Å². The highest BCUT2D eigenvalue weighted by molar-refractivity contribution is 6.47. The van der Waals surface area contributed by atoms with Gasteiger partial charge in [0.05, 0.1) is 6.61 Å². The second-order valence-electron chi connectivity index (χ2n) is 1.59. The van der Waals surface area contributed by atoms with Gasteiger partial charge in [0.25, 0.3) is 0 Å². The number of hydrogen-bond donors (Lipinski definition) is 0. The third-order valence-electron chi connectivity index (χ3n) is 0.925. The fourth-order valence-corrected chi connectivity index (χ4v) is 0.993. The van der Waals surface area contributed by atoms with Crippen molar-refractivity contribution in [2.24, 2.45) is 0 Å². The lowest BCUT2D eigenvalue weighted by Crippen LogP contribution is -2.07. The molecule has 0 spiro atoms. The van der Waals surface area contributed by atoms with E-state index in [0.717, 1.165) is 12.8 Å². The Morgan fingerprint density at radius 3 is 2.29 bits per heavy atom. The van der Waals surface area contributed by atoms with Gasteiger partial charge in [0.2, 0.25) is 4.52 Å². The predicted octanol–water partition coefficient (Wildman–Crippen LogP) is 1.93. The molecule has 0 aromatic rings. The quantitative estimate of drug-likeness (QED) is 0.468. The third-order valence-corrected chi connectivity index (χ3v) is 1.52. The first kappa shape index (κ1) is 5.67. The van der Waals surface area contributed by atoms with E-state index in [2.05, 4.69) is 0 Å². The summed E-state index contributed by atoms with van der Waals surface area (Å²) < 4.78 is 4.01. The van der Waals surface area contributed by atoms with E-state index < -0.39 is 4.52 Å². The van der Waals surface area contributed by atoms with Crippen LogP contribution in [-0.4, -0.2) is 11.1 Å². The fraction of sp³-hybridized carbons (Fsp3) is 1.00. The van der Waals surface area contributed by atoms with Crippen molar-refractivity contribution in [2.75, 3.05) is 6.61 Å². The summed E-state index contributed by atoms with van der Waals surface area (Å²) in [6.07, 6.45) is 1.74. The van der Waals surface area contributed by atoms with E-state index in [1.807, 2.05) is 0 Å². The molecule has 1 aliphatic rings. The van der Waals surface area contributed by atoms with Crippen LogP contribution in [0, 0.1) is 0 Å². The van der Waals surface area contributed by atoms with E-state index in [1.165, 1.54) is 0 Å². The normalized spacial score (nSPS) is 28.3. The molecule has 0 aromatic carbocycles. The summed E-state index contributed by atoms with van der Waals surface area (Å²) in [5, 5.41) is 0. The van der Waals surface area contributed by atoms with Gasteiger partial charge in [-0.1, -0.05) is 23.2 Å². The summed E-state index contributed by atoms with van der Waals surface area (Å²) in [5.41, 5.74) is 0. The van der Waals surface area contributed by atoms with Gasteiger partial charge in [-0.2, -0.15) is 0 Å². The minimum atomic E-state index is -0.861. The van der Waals surface area contributed by atoms with Crippen LogP contribution in [0.25, 0.3) is 0 Å². The van der Waals surface area contributed by atoms with E-state index in [0.29, 0.717) is 6.61 Å². The van der Waals surface area contributed by atoms with Crippen molar-refractivity contribution in [1.29, 1.82) is 0 Å². The second-order valence-corrected chi connectivity index (χ2v) is 3.00. The molecule has 0 unspecified atom stereocenters. The Morgan fingerprint density at radius 1 is 1.43 bits per heavy atom. The Bertz CT molecular complexity index is 64.1. The highest BCUT2D eigenvalue weighted by Gasteiger charge is 2.28. The zero-order chi connectivity index (χ0) is 5.33. The van der Waals surface area contributed by atoms with Crippen LogP contribution < -0.4 is 0 Å². The Labute approximate surface area is 52.5 Å². The average molecular weight is 141 g/mol. The standard InChI is InChI=1S/C4H6Cl2O/c5-4(6)2-1-3-7-4/h1-3H2. The minimum Gasteiger partial charge on any atom is -0.347 e. The molecule has 0 radical (unpaired) electrons. The van der Waals surface area contributed by atoms with Gasteiger partial charge < -0.3 is 4.74 Å². The maximum Gasteiger partial charge on any atom is 0.217 e. The highest BCUT2D eigenvalue weighted by atomic mass is 35.5. The van der Waals surface area contributed by atoms with E-state index >= 15 is 0 Å². The van der Waals surface area contributed by atoms with Gasteiger partial charge in [-0.05, 0) is 6.42 Å². The Balaban J connectivity index is 2.40. The van der Waals surface area contributed by atoms with Crippen molar-refractivity contribution in [2.45, 2.75) is 17.4 Å². The van der Waals surface area contributed by atoms with Crippen LogP contribution in [0.2, 0.25) is 0 Å². The maximum atomic E-state index is 5.51. The van der Waals surface area contributed by atoms with Crippen LogP contribution in [0.4, 0.5) is 0 Å². The summed E-state index contributed by atoms with van der Waals surface area (Å²) >= 11 is 11.0. The van der Waals surface area contributed by atoms with Crippen LogP contribution in [0.5, 0.6) is 0 Å². The van der Waals surface area contributed by atoms with Gasteiger partial charge in [-0.3, -0.25) is 0 Å². The number of halogens is 2. The van der Waals surface area contributed by atoms with Crippen LogP contribution in [-0.2, 0) is 4.74 Å². The van der Waals surface area contributed by atoms with Crippen molar-refractivity contribution in [3.63, 3.8) is 0 Å². The molecule has 0 N–H and O–H groups in total. The molecule has 3 heteroatoms. The number of hydrogen-bond acceptors (Lipinski definition) is 1. The summed E-state index contributed by atoms with van der Waals surface area (Å²) in [6, 6.07) is 0. The van der Waals surface area contributed by atoms with E-state index in [-0.39, 0.29) is 0 Å². The molecule has 1 aliphatic heterocycles. The molecule has 1 fully saturated rings. The molecule has 42 valence electrons. The first-order chi connectivity index (χ1) is 3.21. The van der Waals surface area contributed by atoms with Crippen molar-refractivity contribution >= 4 is 23.2 Å². The monoisotopic (exact) mass is 140 g/mol. The molecule has 0 saturated carbocycles. The molecule has 7 heavy (non-hydrogen) atoms.